The standard InChI is InChI=1S/C18H21N3O2/c22-16(11-20-18(23)17-7-3-4-9-19-17)13-21-10-8-14-5-1-2-6-15(14)12-21/h1-7,9,16,22H,8,10-13H2,(H,20,23). The van der Waals surface area contributed by atoms with Crippen LogP contribution in [-0.2, 0) is 13.0 Å². The number of carbonyl (C=O) groups excluding carboxylic acids is 1. The zero-order valence-electron chi connectivity index (χ0n) is 13.0. The first-order valence-electron chi connectivity index (χ1n) is 7.89. The number of carbonyl (C=O) groups is 1. The number of benzene rings is 1. The van der Waals surface area contributed by atoms with Gasteiger partial charge >= 0.3 is 0 Å². The van der Waals surface area contributed by atoms with Gasteiger partial charge in [0.2, 0.25) is 0 Å². The molecule has 1 aromatic heterocycles. The van der Waals surface area contributed by atoms with E-state index in [1.165, 1.54) is 11.1 Å². The molecule has 0 spiro atoms. The fourth-order valence-corrected chi connectivity index (χ4v) is 2.87. The number of β-amino-alcohol motifs (C(OH)–C–C–N with tert-alkyl or cyclic N) is 1. The average molecular weight is 311 g/mol. The number of fused-ring (bicyclic) bond motifs is 1. The normalized spacial score (nSPS) is 15.7. The Bertz CT molecular complexity index is 660. The van der Waals surface area contributed by atoms with Gasteiger partial charge in [-0.1, -0.05) is 30.3 Å². The summed E-state index contributed by atoms with van der Waals surface area (Å²) in [6.07, 6.45) is 1.99. The first-order chi connectivity index (χ1) is 11.2. The quantitative estimate of drug-likeness (QED) is 0.872. The lowest BCUT2D eigenvalue weighted by Gasteiger charge is -2.30. The molecule has 0 fully saturated rings. The minimum absolute atomic E-state index is 0.230. The van der Waals surface area contributed by atoms with Crippen LogP contribution in [0.4, 0.5) is 0 Å². The molecular weight excluding hydrogens is 290 g/mol. The van der Waals surface area contributed by atoms with Crippen LogP contribution in [-0.4, -0.2) is 46.6 Å². The van der Waals surface area contributed by atoms with Crippen molar-refractivity contribution in [3.8, 4) is 0 Å². The first-order valence-corrected chi connectivity index (χ1v) is 7.89. The van der Waals surface area contributed by atoms with Gasteiger partial charge in [-0.25, -0.2) is 0 Å². The van der Waals surface area contributed by atoms with Crippen LogP contribution >= 0.6 is 0 Å². The van der Waals surface area contributed by atoms with Crippen molar-refractivity contribution < 1.29 is 9.90 Å². The maximum atomic E-state index is 11.9. The second-order valence-corrected chi connectivity index (χ2v) is 5.83. The summed E-state index contributed by atoms with van der Waals surface area (Å²) in [6, 6.07) is 13.6. The van der Waals surface area contributed by atoms with Crippen molar-refractivity contribution in [3.05, 3.63) is 65.5 Å². The fraction of sp³-hybridized carbons (Fsp3) is 0.333. The minimum Gasteiger partial charge on any atom is -0.390 e. The molecule has 1 atom stereocenters. The number of amides is 1. The molecule has 2 heterocycles. The van der Waals surface area contributed by atoms with Crippen molar-refractivity contribution in [1.29, 1.82) is 0 Å². The molecular formula is C18H21N3O2. The van der Waals surface area contributed by atoms with Gasteiger partial charge in [-0.3, -0.25) is 14.7 Å². The van der Waals surface area contributed by atoms with Crippen LogP contribution in [0.5, 0.6) is 0 Å². The molecule has 2 aromatic rings. The Hall–Kier alpha value is -2.24. The van der Waals surface area contributed by atoms with Crippen LogP contribution in [0.2, 0.25) is 0 Å². The molecule has 1 unspecified atom stereocenters. The largest absolute Gasteiger partial charge is 0.390 e. The Kier molecular flexibility index (Phi) is 5.00. The third-order valence-electron chi connectivity index (χ3n) is 4.07. The summed E-state index contributed by atoms with van der Waals surface area (Å²) in [7, 11) is 0. The van der Waals surface area contributed by atoms with E-state index in [0.29, 0.717) is 12.2 Å². The molecule has 5 heteroatoms. The molecule has 0 saturated carbocycles. The zero-order valence-corrected chi connectivity index (χ0v) is 13.0. The van der Waals surface area contributed by atoms with E-state index in [2.05, 4.69) is 33.4 Å². The van der Waals surface area contributed by atoms with E-state index in [9.17, 15) is 9.90 Å². The van der Waals surface area contributed by atoms with Crippen LogP contribution in [0.15, 0.2) is 48.7 Å². The van der Waals surface area contributed by atoms with Crippen molar-refractivity contribution in [3.63, 3.8) is 0 Å². The van der Waals surface area contributed by atoms with Crippen LogP contribution in [0.1, 0.15) is 21.6 Å². The number of nitrogens with one attached hydrogen (secondary N) is 1. The van der Waals surface area contributed by atoms with E-state index in [0.717, 1.165) is 19.5 Å². The molecule has 2 N–H and O–H groups in total. The van der Waals surface area contributed by atoms with E-state index < -0.39 is 6.10 Å². The van der Waals surface area contributed by atoms with Crippen molar-refractivity contribution in [2.24, 2.45) is 0 Å². The van der Waals surface area contributed by atoms with Crippen molar-refractivity contribution >= 4 is 5.91 Å². The first kappa shape index (κ1) is 15.6. The predicted octanol–water partition coefficient (Wildman–Crippen LogP) is 1.23. The molecule has 5 nitrogen and oxygen atoms in total. The third kappa shape index (κ3) is 4.15. The number of nitrogens with zero attached hydrogens (tertiary/aromatic N) is 2. The van der Waals surface area contributed by atoms with Gasteiger partial charge in [-0.15, -0.1) is 0 Å². The van der Waals surface area contributed by atoms with Gasteiger partial charge in [-0.2, -0.15) is 0 Å². The maximum absolute atomic E-state index is 11.9. The number of hydrogen-bond donors (Lipinski definition) is 2. The number of aliphatic hydroxyl groups excluding tert-OH is 1. The second kappa shape index (κ2) is 7.35. The van der Waals surface area contributed by atoms with Gasteiger partial charge < -0.3 is 10.4 Å². The topological polar surface area (TPSA) is 65.5 Å². The maximum Gasteiger partial charge on any atom is 0.269 e. The summed E-state index contributed by atoms with van der Waals surface area (Å²) in [6.45, 7) is 2.56. The van der Waals surface area contributed by atoms with E-state index in [4.69, 9.17) is 0 Å². The molecule has 0 radical (unpaired) electrons. The Morgan fingerprint density at radius 3 is 2.78 bits per heavy atom. The van der Waals surface area contributed by atoms with Gasteiger partial charge in [0.15, 0.2) is 0 Å². The van der Waals surface area contributed by atoms with Gasteiger partial charge in [0.1, 0.15) is 5.69 Å². The number of aliphatic hydroxyl groups is 1. The smallest absolute Gasteiger partial charge is 0.269 e. The lowest BCUT2D eigenvalue weighted by molar-refractivity contribution is 0.0838. The highest BCUT2D eigenvalue weighted by molar-refractivity contribution is 5.92. The number of aromatic nitrogens is 1. The summed E-state index contributed by atoms with van der Waals surface area (Å²) in [5.74, 6) is -0.256. The Morgan fingerprint density at radius 2 is 2.00 bits per heavy atom. The van der Waals surface area contributed by atoms with Crippen molar-refractivity contribution in [1.82, 2.24) is 15.2 Å². The van der Waals surface area contributed by atoms with E-state index in [-0.39, 0.29) is 12.5 Å². The van der Waals surface area contributed by atoms with Gasteiger partial charge in [0, 0.05) is 32.4 Å². The predicted molar refractivity (Wildman–Crippen MR) is 88.0 cm³/mol. The Morgan fingerprint density at radius 1 is 1.22 bits per heavy atom. The Balaban J connectivity index is 1.47. The molecule has 120 valence electrons. The molecule has 3 rings (SSSR count). The molecule has 1 aliphatic heterocycles. The lowest BCUT2D eigenvalue weighted by Crippen LogP contribution is -2.42. The molecule has 1 aromatic carbocycles. The molecule has 23 heavy (non-hydrogen) atoms. The monoisotopic (exact) mass is 311 g/mol. The van der Waals surface area contributed by atoms with Gasteiger partial charge in [0.25, 0.3) is 5.91 Å². The number of pyridine rings is 1. The van der Waals surface area contributed by atoms with Crippen LogP contribution in [0.25, 0.3) is 0 Å². The molecule has 0 saturated heterocycles. The molecule has 0 bridgehead atoms. The van der Waals surface area contributed by atoms with Crippen molar-refractivity contribution in [2.45, 2.75) is 19.1 Å². The molecule has 0 aliphatic carbocycles. The molecule has 1 aliphatic rings. The van der Waals surface area contributed by atoms with Gasteiger partial charge in [-0.05, 0) is 29.7 Å². The Labute approximate surface area is 136 Å². The summed E-state index contributed by atoms with van der Waals surface area (Å²) < 4.78 is 0. The fourth-order valence-electron chi connectivity index (χ4n) is 2.87. The highest BCUT2D eigenvalue weighted by atomic mass is 16.3. The third-order valence-corrected chi connectivity index (χ3v) is 4.07. The SMILES string of the molecule is O=C(NCC(O)CN1CCc2ccccc2C1)c1ccccn1. The van der Waals surface area contributed by atoms with Crippen molar-refractivity contribution in [2.75, 3.05) is 19.6 Å². The number of hydrogen-bond acceptors (Lipinski definition) is 4. The van der Waals surface area contributed by atoms with E-state index >= 15 is 0 Å². The van der Waals surface area contributed by atoms with E-state index in [1.54, 1.807) is 24.4 Å². The number of rotatable bonds is 5. The zero-order chi connectivity index (χ0) is 16.1. The summed E-state index contributed by atoms with van der Waals surface area (Å²) in [5, 5.41) is 12.9. The average Bonchev–Trinajstić information content (AvgIpc) is 2.60. The lowest BCUT2D eigenvalue weighted by atomic mass is 10.00. The van der Waals surface area contributed by atoms with Crippen LogP contribution in [0.3, 0.4) is 0 Å². The highest BCUT2D eigenvalue weighted by Crippen LogP contribution is 2.18. The minimum atomic E-state index is -0.590. The summed E-state index contributed by atoms with van der Waals surface area (Å²) in [4.78, 5) is 18.1. The van der Waals surface area contributed by atoms with Crippen LogP contribution in [0, 0.1) is 0 Å². The second-order valence-electron chi connectivity index (χ2n) is 5.83. The summed E-state index contributed by atoms with van der Waals surface area (Å²) >= 11 is 0. The van der Waals surface area contributed by atoms with Gasteiger partial charge in [0.05, 0.1) is 6.10 Å². The van der Waals surface area contributed by atoms with Crippen LogP contribution < -0.4 is 5.32 Å². The summed E-state index contributed by atoms with van der Waals surface area (Å²) in [5.41, 5.74) is 3.08. The molecule has 1 amide bonds. The highest BCUT2D eigenvalue weighted by Gasteiger charge is 2.18. The van der Waals surface area contributed by atoms with E-state index in [1.807, 2.05) is 6.07 Å².